The fraction of sp³-hybridized carbons (Fsp3) is 0.154. The number of anilines is 2. The monoisotopic (exact) mass is 272 g/mol. The number of carbonyl (C=O) groups excluding carboxylic acids is 2. The van der Waals surface area contributed by atoms with Crippen molar-refractivity contribution in [2.24, 2.45) is 0 Å². The number of benzene rings is 1. The number of imide groups is 1. The number of hydrogen-bond donors (Lipinski definition) is 3. The van der Waals surface area contributed by atoms with Gasteiger partial charge in [0.25, 0.3) is 5.91 Å². The molecule has 0 aliphatic carbocycles. The largest absolute Gasteiger partial charge is 0.450 e. The molecule has 1 aromatic rings. The zero-order valence-electron chi connectivity index (χ0n) is 10.7. The maximum Gasteiger partial charge on any atom is 0.414 e. The Morgan fingerprint density at radius 3 is 2.40 bits per heavy atom. The van der Waals surface area contributed by atoms with Gasteiger partial charge in [0.05, 0.1) is 18.0 Å². The molecule has 0 atom stereocenters. The van der Waals surface area contributed by atoms with Crippen LogP contribution >= 0.6 is 0 Å². The van der Waals surface area contributed by atoms with Gasteiger partial charge in [-0.25, -0.2) is 4.79 Å². The van der Waals surface area contributed by atoms with E-state index in [-0.39, 0.29) is 18.0 Å². The first-order chi connectivity index (χ1) is 9.65. The second-order valence-electron chi connectivity index (χ2n) is 3.83. The van der Waals surface area contributed by atoms with E-state index in [1.165, 1.54) is 0 Å². The minimum Gasteiger partial charge on any atom is -0.450 e. The Balaban J connectivity index is 2.18. The summed E-state index contributed by atoms with van der Waals surface area (Å²) in [4.78, 5) is 23.0. The number of rotatable bonds is 2. The quantitative estimate of drug-likeness (QED) is 0.557. The normalized spacial score (nSPS) is 11.5. The third kappa shape index (κ3) is 2.70. The maximum absolute atomic E-state index is 11.8. The molecule has 7 heteroatoms. The molecule has 0 unspecified atom stereocenters. The second-order valence-corrected chi connectivity index (χ2v) is 3.83. The van der Waals surface area contributed by atoms with E-state index in [0.29, 0.717) is 0 Å². The van der Waals surface area contributed by atoms with Crippen LogP contribution in [0.25, 0.3) is 0 Å². The summed E-state index contributed by atoms with van der Waals surface area (Å²) in [6.45, 7) is 1.75. The number of ether oxygens (including phenoxy) is 1. The van der Waals surface area contributed by atoms with Crippen molar-refractivity contribution in [2.75, 3.05) is 17.2 Å². The highest BCUT2D eigenvalue weighted by Gasteiger charge is 2.23. The third-order valence-electron chi connectivity index (χ3n) is 2.53. The van der Waals surface area contributed by atoms with E-state index in [2.05, 4.69) is 15.4 Å². The fourth-order valence-corrected chi connectivity index (χ4v) is 1.67. The Hall–Kier alpha value is -3.01. The van der Waals surface area contributed by atoms with Crippen molar-refractivity contribution in [1.82, 2.24) is 5.32 Å². The van der Waals surface area contributed by atoms with Crippen LogP contribution in [0.4, 0.5) is 16.2 Å². The summed E-state index contributed by atoms with van der Waals surface area (Å²) >= 11 is 0. The molecule has 0 radical (unpaired) electrons. The van der Waals surface area contributed by atoms with Gasteiger partial charge in [-0.05, 0) is 19.1 Å². The van der Waals surface area contributed by atoms with Gasteiger partial charge in [-0.3, -0.25) is 10.1 Å². The van der Waals surface area contributed by atoms with Gasteiger partial charge in [-0.15, -0.1) is 0 Å². The summed E-state index contributed by atoms with van der Waals surface area (Å²) in [5, 5.41) is 16.9. The highest BCUT2D eigenvalue weighted by atomic mass is 16.5. The zero-order chi connectivity index (χ0) is 14.5. The Morgan fingerprint density at radius 2 is 1.90 bits per heavy atom. The zero-order valence-corrected chi connectivity index (χ0v) is 10.7. The summed E-state index contributed by atoms with van der Waals surface area (Å²) in [6, 6.07) is 9.00. The highest BCUT2D eigenvalue weighted by Crippen LogP contribution is 2.30. The van der Waals surface area contributed by atoms with Crippen LogP contribution < -0.4 is 16.0 Å². The average molecular weight is 272 g/mol. The van der Waals surface area contributed by atoms with Crippen LogP contribution in [0.1, 0.15) is 6.92 Å². The van der Waals surface area contributed by atoms with E-state index in [0.717, 1.165) is 11.4 Å². The smallest absolute Gasteiger partial charge is 0.414 e. The average Bonchev–Trinajstić information content (AvgIpc) is 2.82. The lowest BCUT2D eigenvalue weighted by molar-refractivity contribution is -0.116. The number of hydrogen-bond acceptors (Lipinski definition) is 6. The van der Waals surface area contributed by atoms with Crippen molar-refractivity contribution >= 4 is 23.4 Å². The standard InChI is InChI=1S/C13H12N4O3/c1-2-20-13(19)17-12(18)8(7-14)11-15-9-5-3-4-6-10(9)16-11/h3-6,15-16H,2H2,1H3,(H,17,18,19). The van der Waals surface area contributed by atoms with E-state index in [1.807, 2.05) is 17.4 Å². The van der Waals surface area contributed by atoms with Crippen LogP contribution in [0.2, 0.25) is 0 Å². The first-order valence-corrected chi connectivity index (χ1v) is 5.91. The van der Waals surface area contributed by atoms with Crippen LogP contribution in [0.15, 0.2) is 35.7 Å². The van der Waals surface area contributed by atoms with Crippen molar-refractivity contribution in [3.8, 4) is 6.07 Å². The van der Waals surface area contributed by atoms with Gasteiger partial charge in [0.15, 0.2) is 5.57 Å². The molecule has 1 aromatic carbocycles. The number of nitrogens with one attached hydrogen (secondary N) is 3. The topological polar surface area (TPSA) is 103 Å². The Bertz CT molecular complexity index is 604. The molecule has 7 nitrogen and oxygen atoms in total. The van der Waals surface area contributed by atoms with Gasteiger partial charge in [-0.1, -0.05) is 12.1 Å². The predicted octanol–water partition coefficient (Wildman–Crippen LogP) is 1.53. The SMILES string of the molecule is CCOC(=O)NC(=O)C(C#N)=C1Nc2ccccc2N1. The first-order valence-electron chi connectivity index (χ1n) is 5.91. The van der Waals surface area contributed by atoms with Crippen molar-refractivity contribution in [1.29, 1.82) is 5.26 Å². The van der Waals surface area contributed by atoms with E-state index < -0.39 is 12.0 Å². The number of amides is 2. The lowest BCUT2D eigenvalue weighted by Crippen LogP contribution is -2.33. The van der Waals surface area contributed by atoms with Crippen molar-refractivity contribution in [2.45, 2.75) is 6.92 Å². The number of nitrogens with zero attached hydrogens (tertiary/aromatic N) is 1. The Labute approximate surface area is 115 Å². The fourth-order valence-electron chi connectivity index (χ4n) is 1.67. The molecule has 0 bridgehead atoms. The lowest BCUT2D eigenvalue weighted by atomic mass is 10.2. The summed E-state index contributed by atoms with van der Waals surface area (Å²) in [5.74, 6) is -0.593. The van der Waals surface area contributed by atoms with E-state index in [1.54, 1.807) is 25.1 Å². The number of nitriles is 1. The lowest BCUT2D eigenvalue weighted by Gasteiger charge is -2.06. The molecule has 102 valence electrons. The van der Waals surface area contributed by atoms with E-state index in [4.69, 9.17) is 5.26 Å². The molecule has 1 aliphatic heterocycles. The molecule has 0 saturated heterocycles. The van der Waals surface area contributed by atoms with Gasteiger partial charge < -0.3 is 15.4 Å². The van der Waals surface area contributed by atoms with E-state index >= 15 is 0 Å². The minimum atomic E-state index is -0.888. The molecule has 1 aliphatic rings. The van der Waals surface area contributed by atoms with Gasteiger partial charge >= 0.3 is 6.09 Å². The predicted molar refractivity (Wildman–Crippen MR) is 71.5 cm³/mol. The second kappa shape index (κ2) is 5.75. The molecule has 2 amide bonds. The van der Waals surface area contributed by atoms with Crippen molar-refractivity contribution in [3.05, 3.63) is 35.7 Å². The number of carbonyl (C=O) groups is 2. The van der Waals surface area contributed by atoms with Gasteiger partial charge in [0.1, 0.15) is 11.9 Å². The molecular formula is C13H12N4O3. The van der Waals surface area contributed by atoms with Crippen LogP contribution in [-0.4, -0.2) is 18.6 Å². The molecule has 0 fully saturated rings. The van der Waals surface area contributed by atoms with Crippen LogP contribution in [-0.2, 0) is 9.53 Å². The molecule has 0 aromatic heterocycles. The van der Waals surface area contributed by atoms with Gasteiger partial charge in [-0.2, -0.15) is 5.26 Å². The number of para-hydroxylation sites is 2. The Morgan fingerprint density at radius 1 is 1.30 bits per heavy atom. The van der Waals surface area contributed by atoms with Gasteiger partial charge in [0.2, 0.25) is 0 Å². The summed E-state index contributed by atoms with van der Waals surface area (Å²) in [5.41, 5.74) is 1.27. The number of alkyl carbamates (subject to hydrolysis) is 1. The highest BCUT2D eigenvalue weighted by molar-refractivity contribution is 6.06. The molecule has 20 heavy (non-hydrogen) atoms. The molecule has 0 spiro atoms. The minimum absolute atomic E-state index is 0.138. The molecule has 2 rings (SSSR count). The van der Waals surface area contributed by atoms with Crippen LogP contribution in [0, 0.1) is 11.3 Å². The number of fused-ring (bicyclic) bond motifs is 1. The maximum atomic E-state index is 11.8. The first kappa shape index (κ1) is 13.4. The molecular weight excluding hydrogens is 260 g/mol. The summed E-state index contributed by atoms with van der Waals surface area (Å²) in [6.07, 6.45) is -0.888. The Kier molecular flexibility index (Phi) is 3.86. The van der Waals surface area contributed by atoms with Crippen LogP contribution in [0.3, 0.4) is 0 Å². The third-order valence-corrected chi connectivity index (χ3v) is 2.53. The van der Waals surface area contributed by atoms with Crippen LogP contribution in [0.5, 0.6) is 0 Å². The molecule has 3 N–H and O–H groups in total. The van der Waals surface area contributed by atoms with Crippen molar-refractivity contribution in [3.63, 3.8) is 0 Å². The summed E-state index contributed by atoms with van der Waals surface area (Å²) < 4.78 is 4.59. The molecule has 0 saturated carbocycles. The van der Waals surface area contributed by atoms with Crippen molar-refractivity contribution < 1.29 is 14.3 Å². The van der Waals surface area contributed by atoms with Gasteiger partial charge in [0, 0.05) is 0 Å². The van der Waals surface area contributed by atoms with E-state index in [9.17, 15) is 9.59 Å². The summed E-state index contributed by atoms with van der Waals surface area (Å²) in [7, 11) is 0. The molecule has 1 heterocycles.